The molecule has 8 rings (SSSR count). The Balaban J connectivity index is 1.30. The Hall–Kier alpha value is -4.38. The van der Waals surface area contributed by atoms with Gasteiger partial charge >= 0.3 is 0 Å². The fourth-order valence-electron chi connectivity index (χ4n) is 8.68. The van der Waals surface area contributed by atoms with Crippen molar-refractivity contribution < 1.29 is 19.2 Å². The summed E-state index contributed by atoms with van der Waals surface area (Å²) >= 11 is 0. The SMILES string of the molecule is Cc1ccccc1C1N2C(=O)CCC(=O)N2C(c2ccccc2C)P1CCP1C(c2ccccc2C)N2C(=O)CCC(=O)N2C1c1ccccc1C. The number of carbonyl (C=O) groups excluding carboxylic acids is 4. The summed E-state index contributed by atoms with van der Waals surface area (Å²) in [4.78, 5) is 56.1. The Bertz CT molecular complexity index is 1800. The highest BCUT2D eigenvalue weighted by atomic mass is 31.1. The summed E-state index contributed by atoms with van der Waals surface area (Å²) in [5, 5.41) is 7.26. The van der Waals surface area contributed by atoms with Crippen molar-refractivity contribution in [3.8, 4) is 0 Å². The van der Waals surface area contributed by atoms with Crippen LogP contribution >= 0.6 is 15.8 Å². The molecule has 52 heavy (non-hydrogen) atoms. The van der Waals surface area contributed by atoms with Crippen molar-refractivity contribution in [3.05, 3.63) is 142 Å². The zero-order valence-electron chi connectivity index (χ0n) is 30.1. The van der Waals surface area contributed by atoms with Crippen molar-refractivity contribution in [2.24, 2.45) is 0 Å². The van der Waals surface area contributed by atoms with Gasteiger partial charge in [-0.05, 0) is 100 Å². The quantitative estimate of drug-likeness (QED) is 0.178. The highest BCUT2D eigenvalue weighted by Crippen LogP contribution is 2.76. The Morgan fingerprint density at radius 1 is 0.404 bits per heavy atom. The third-order valence-corrected chi connectivity index (χ3v) is 17.6. The average Bonchev–Trinajstić information content (AvgIpc) is 3.66. The lowest BCUT2D eigenvalue weighted by molar-refractivity contribution is -0.171. The Kier molecular flexibility index (Phi) is 9.26. The van der Waals surface area contributed by atoms with E-state index >= 15 is 0 Å². The van der Waals surface area contributed by atoms with E-state index in [0.717, 1.165) is 56.8 Å². The molecule has 266 valence electrons. The van der Waals surface area contributed by atoms with Crippen LogP contribution in [-0.4, -0.2) is 56.0 Å². The molecule has 8 nitrogen and oxygen atoms in total. The topological polar surface area (TPSA) is 81.2 Å². The predicted molar refractivity (Wildman–Crippen MR) is 205 cm³/mol. The lowest BCUT2D eigenvalue weighted by Gasteiger charge is -2.38. The zero-order valence-corrected chi connectivity index (χ0v) is 31.9. The minimum atomic E-state index is -1.09. The lowest BCUT2D eigenvalue weighted by Crippen LogP contribution is -2.50. The minimum absolute atomic E-state index is 0.0157. The first-order chi connectivity index (χ1) is 25.2. The number of aryl methyl sites for hydroxylation is 4. The van der Waals surface area contributed by atoms with Crippen molar-refractivity contribution in [1.29, 1.82) is 0 Å². The highest BCUT2D eigenvalue weighted by molar-refractivity contribution is 7.62. The number of benzene rings is 4. The molecule has 4 aromatic rings. The highest BCUT2D eigenvalue weighted by Gasteiger charge is 2.58. The van der Waals surface area contributed by atoms with E-state index in [1.807, 2.05) is 68.6 Å². The van der Waals surface area contributed by atoms with Gasteiger partial charge in [-0.15, -0.1) is 0 Å². The van der Waals surface area contributed by atoms with Gasteiger partial charge in [0, 0.05) is 25.7 Å². The second-order valence-electron chi connectivity index (χ2n) is 14.3. The van der Waals surface area contributed by atoms with E-state index in [4.69, 9.17) is 0 Å². The summed E-state index contributed by atoms with van der Waals surface area (Å²) in [6, 6.07) is 33.1. The largest absolute Gasteiger partial charge is 0.273 e. The zero-order chi connectivity index (χ0) is 36.3. The molecule has 4 unspecified atom stereocenters. The smallest absolute Gasteiger partial charge is 0.242 e. The molecule has 4 saturated heterocycles. The average molecular weight is 731 g/mol. The van der Waals surface area contributed by atoms with Gasteiger partial charge in [0.15, 0.2) is 0 Å². The van der Waals surface area contributed by atoms with Gasteiger partial charge in [-0.25, -0.2) is 20.0 Å². The van der Waals surface area contributed by atoms with E-state index in [0.29, 0.717) is 0 Å². The monoisotopic (exact) mass is 730 g/mol. The molecule has 0 saturated carbocycles. The fraction of sp³-hybridized carbons (Fsp3) is 0.333. The summed E-state index contributed by atoms with van der Waals surface area (Å²) in [7, 11) is -2.18. The first-order valence-electron chi connectivity index (χ1n) is 18.2. The minimum Gasteiger partial charge on any atom is -0.273 e. The number of nitrogens with zero attached hydrogens (tertiary/aromatic N) is 4. The number of fused-ring (bicyclic) bond motifs is 2. The number of carbonyl (C=O) groups is 4. The van der Waals surface area contributed by atoms with E-state index in [2.05, 4.69) is 76.2 Å². The van der Waals surface area contributed by atoms with Gasteiger partial charge in [-0.1, -0.05) is 97.1 Å². The van der Waals surface area contributed by atoms with Crippen LogP contribution in [0.2, 0.25) is 0 Å². The molecule has 0 N–H and O–H groups in total. The molecule has 4 heterocycles. The summed E-state index contributed by atoms with van der Waals surface area (Å²) in [6.07, 6.45) is 2.31. The van der Waals surface area contributed by atoms with Gasteiger partial charge in [0.05, 0.1) is 0 Å². The maximum atomic E-state index is 14.0. The maximum absolute atomic E-state index is 14.0. The third kappa shape index (κ3) is 5.67. The fourth-order valence-corrected chi connectivity index (χ4v) is 16.7. The Morgan fingerprint density at radius 2 is 0.615 bits per heavy atom. The third-order valence-electron chi connectivity index (χ3n) is 11.3. The maximum Gasteiger partial charge on any atom is 0.242 e. The molecule has 4 fully saturated rings. The van der Waals surface area contributed by atoms with Gasteiger partial charge in [0.25, 0.3) is 0 Å². The van der Waals surface area contributed by atoms with Crippen molar-refractivity contribution >= 4 is 39.5 Å². The van der Waals surface area contributed by atoms with Gasteiger partial charge < -0.3 is 0 Å². The van der Waals surface area contributed by atoms with E-state index in [-0.39, 0.29) is 72.4 Å². The van der Waals surface area contributed by atoms with Gasteiger partial charge in [-0.3, -0.25) is 19.2 Å². The Labute approximate surface area is 308 Å². The summed E-state index contributed by atoms with van der Waals surface area (Å²) in [5.74, 6) is -1.19. The molecular weight excluding hydrogens is 686 g/mol. The number of hydrogen-bond acceptors (Lipinski definition) is 4. The predicted octanol–water partition coefficient (Wildman–Crippen LogP) is 8.74. The first-order valence-corrected chi connectivity index (χ1v) is 21.5. The van der Waals surface area contributed by atoms with Crippen LogP contribution in [0.5, 0.6) is 0 Å². The molecule has 0 radical (unpaired) electrons. The molecule has 4 aliphatic heterocycles. The number of amides is 4. The molecular formula is C42H44N4O4P2. The standard InChI is InChI=1S/C42H44N4O4P2/c1-27-13-5-9-17-31(27)39-43-35(47)21-22-36(48)44(43)40(32-18-10-6-14-28(32)2)51(39)25-26-52-41(33-19-11-7-15-29(33)3)45-37(49)23-24-38(50)46(45)42(52)34-20-12-8-16-30(34)4/h5-20,39-42H,21-26H2,1-4H3. The van der Waals surface area contributed by atoms with Crippen molar-refractivity contribution in [2.75, 3.05) is 12.3 Å². The van der Waals surface area contributed by atoms with Crippen LogP contribution in [-0.2, 0) is 19.2 Å². The summed E-state index contributed by atoms with van der Waals surface area (Å²) < 4.78 is 0. The number of hydrazine groups is 2. The first kappa shape index (κ1) is 34.7. The van der Waals surface area contributed by atoms with Crippen molar-refractivity contribution in [3.63, 3.8) is 0 Å². The lowest BCUT2D eigenvalue weighted by atomic mass is 10.1. The molecule has 0 aromatic heterocycles. The van der Waals surface area contributed by atoms with Crippen LogP contribution in [0.3, 0.4) is 0 Å². The summed E-state index contributed by atoms with van der Waals surface area (Å²) in [5.41, 5.74) is 8.69. The van der Waals surface area contributed by atoms with Crippen LogP contribution in [0.25, 0.3) is 0 Å². The number of hydrogen-bond donors (Lipinski definition) is 0. The molecule has 4 aliphatic rings. The molecule has 0 spiro atoms. The molecule has 10 heteroatoms. The Morgan fingerprint density at radius 3 is 0.827 bits per heavy atom. The van der Waals surface area contributed by atoms with E-state index < -0.39 is 15.8 Å². The van der Waals surface area contributed by atoms with Crippen LogP contribution in [0.4, 0.5) is 0 Å². The van der Waals surface area contributed by atoms with Crippen molar-refractivity contribution in [1.82, 2.24) is 20.0 Å². The van der Waals surface area contributed by atoms with Gasteiger partial charge in [-0.2, -0.15) is 0 Å². The second kappa shape index (κ2) is 13.9. The van der Waals surface area contributed by atoms with Crippen LogP contribution in [0.15, 0.2) is 97.1 Å². The molecule has 4 aromatic carbocycles. The van der Waals surface area contributed by atoms with Gasteiger partial charge in [0.1, 0.15) is 23.1 Å². The molecule has 0 bridgehead atoms. The van der Waals surface area contributed by atoms with Crippen LogP contribution in [0, 0.1) is 27.7 Å². The normalized spacial score (nSPS) is 25.9. The number of rotatable bonds is 7. The second-order valence-corrected chi connectivity index (χ2v) is 19.3. The summed E-state index contributed by atoms with van der Waals surface area (Å²) in [6.45, 7) is 8.37. The van der Waals surface area contributed by atoms with Gasteiger partial charge in [0.2, 0.25) is 23.6 Å². The van der Waals surface area contributed by atoms with E-state index in [1.54, 1.807) is 0 Å². The molecule has 4 amide bonds. The molecule has 4 atom stereocenters. The molecule has 0 aliphatic carbocycles. The van der Waals surface area contributed by atoms with E-state index in [1.165, 1.54) is 0 Å². The van der Waals surface area contributed by atoms with Crippen LogP contribution < -0.4 is 0 Å². The van der Waals surface area contributed by atoms with E-state index in [9.17, 15) is 19.2 Å². The van der Waals surface area contributed by atoms with Crippen molar-refractivity contribution in [2.45, 2.75) is 76.5 Å². The van der Waals surface area contributed by atoms with Crippen LogP contribution in [0.1, 0.15) is 93.3 Å².